The molecule has 3 aromatic carbocycles. The van der Waals surface area contributed by atoms with Gasteiger partial charge >= 0.3 is 6.18 Å². The molecule has 0 saturated heterocycles. The lowest BCUT2D eigenvalue weighted by molar-refractivity contribution is -0.137. The smallest absolute Gasteiger partial charge is 0.326 e. The molecule has 3 aromatic rings. The van der Waals surface area contributed by atoms with E-state index in [1.807, 2.05) is 0 Å². The first-order chi connectivity index (χ1) is 19.1. The molecule has 0 heterocycles. The van der Waals surface area contributed by atoms with E-state index in [1.54, 1.807) is 0 Å². The molecule has 41 heavy (non-hydrogen) atoms. The average Bonchev–Trinajstić information content (AvgIpc) is 3.50. The zero-order valence-electron chi connectivity index (χ0n) is 20.8. The number of amides is 3. The number of carbonyl (C=O) groups excluding carboxylic acids is 3. The third-order valence-corrected chi connectivity index (χ3v) is 7.58. The van der Waals surface area contributed by atoms with Gasteiger partial charge in [0.25, 0.3) is 5.91 Å². The third-order valence-electron chi connectivity index (χ3n) is 6.31. The van der Waals surface area contributed by atoms with E-state index in [0.29, 0.717) is 0 Å². The lowest BCUT2D eigenvalue weighted by Crippen LogP contribution is -2.19. The molecule has 14 heteroatoms. The van der Waals surface area contributed by atoms with Crippen LogP contribution in [0.2, 0.25) is 5.02 Å². The molecule has 0 aromatic heterocycles. The minimum absolute atomic E-state index is 0.0420. The van der Waals surface area contributed by atoms with E-state index in [9.17, 15) is 36.3 Å². The first kappa shape index (κ1) is 30.5. The van der Waals surface area contributed by atoms with E-state index in [-0.39, 0.29) is 28.3 Å². The second-order valence-corrected chi connectivity index (χ2v) is 10.9. The molecule has 1 saturated carbocycles. The van der Waals surface area contributed by atoms with E-state index < -0.39 is 68.6 Å². The van der Waals surface area contributed by atoms with E-state index in [1.165, 1.54) is 37.3 Å². The van der Waals surface area contributed by atoms with Crippen molar-refractivity contribution in [3.63, 3.8) is 0 Å². The predicted molar refractivity (Wildman–Crippen MR) is 145 cm³/mol. The van der Waals surface area contributed by atoms with Gasteiger partial charge in [-0.1, -0.05) is 36.7 Å². The summed E-state index contributed by atoms with van der Waals surface area (Å²) >= 11 is 18.7. The Morgan fingerprint density at radius 3 is 2.32 bits per heavy atom. The Hall–Kier alpha value is -3.41. The van der Waals surface area contributed by atoms with Gasteiger partial charge in [0.2, 0.25) is 11.8 Å². The topological polar surface area (TPSA) is 87.3 Å². The first-order valence-electron chi connectivity index (χ1n) is 11.9. The molecule has 216 valence electrons. The highest BCUT2D eigenvalue weighted by Gasteiger charge is 2.67. The van der Waals surface area contributed by atoms with Crippen LogP contribution in [0.15, 0.2) is 54.6 Å². The third kappa shape index (κ3) is 6.42. The van der Waals surface area contributed by atoms with Crippen molar-refractivity contribution in [2.24, 2.45) is 5.92 Å². The molecule has 1 fully saturated rings. The maximum absolute atomic E-state index is 14.8. The molecule has 0 radical (unpaired) electrons. The van der Waals surface area contributed by atoms with E-state index in [2.05, 4.69) is 16.0 Å². The summed E-state index contributed by atoms with van der Waals surface area (Å²) in [7, 11) is 0. The highest BCUT2D eigenvalue weighted by atomic mass is 35.5. The van der Waals surface area contributed by atoms with Crippen molar-refractivity contribution in [3.8, 4) is 0 Å². The van der Waals surface area contributed by atoms with Gasteiger partial charge < -0.3 is 16.0 Å². The van der Waals surface area contributed by atoms with Gasteiger partial charge in [0, 0.05) is 18.0 Å². The number of hydrogen-bond donors (Lipinski definition) is 3. The highest BCUT2D eigenvalue weighted by molar-refractivity contribution is 6.53. The van der Waals surface area contributed by atoms with Crippen LogP contribution in [0.3, 0.4) is 0 Å². The van der Waals surface area contributed by atoms with Crippen LogP contribution in [-0.2, 0) is 15.8 Å². The highest BCUT2D eigenvalue weighted by Crippen LogP contribution is 2.65. The van der Waals surface area contributed by atoms with Crippen LogP contribution in [0.1, 0.15) is 40.7 Å². The number of alkyl halides is 5. The van der Waals surface area contributed by atoms with Gasteiger partial charge in [-0.25, -0.2) is 8.78 Å². The SMILES string of the molecule is CCC(=O)Nc1c(F)ccc(NC(=O)c2cc(NC(=O)[C@H]3[C@H](c4cccc(C(F)(F)F)c4)C3(Cl)Cl)ccc2Cl)c1F. The fourth-order valence-electron chi connectivity index (χ4n) is 4.15. The van der Waals surface area contributed by atoms with Crippen molar-refractivity contribution in [1.82, 2.24) is 0 Å². The molecule has 1 aliphatic carbocycles. The standard InChI is InChI=1S/C27H19Cl3F5N3O3/c1-2-19(39)38-23-17(31)8-9-18(22(23)32)37-24(40)15-11-14(6-7-16(15)28)36-25(41)21-20(26(21,29)30)12-4-3-5-13(10-12)27(33,34)35/h3-11,20-21H,2H2,1H3,(H,36,41)(H,37,40)(H,38,39)/t20-,21+/m0/s1. The van der Waals surface area contributed by atoms with Crippen molar-refractivity contribution in [3.05, 3.63) is 87.9 Å². The molecule has 0 aliphatic heterocycles. The first-order valence-corrected chi connectivity index (χ1v) is 13.0. The molecule has 3 amide bonds. The van der Waals surface area contributed by atoms with Crippen LogP contribution < -0.4 is 16.0 Å². The van der Waals surface area contributed by atoms with Crippen LogP contribution in [0, 0.1) is 17.6 Å². The molecule has 0 unspecified atom stereocenters. The molecule has 4 rings (SSSR count). The Balaban J connectivity index is 1.52. The zero-order chi connectivity index (χ0) is 30.3. The Labute approximate surface area is 245 Å². The van der Waals surface area contributed by atoms with Crippen molar-refractivity contribution in [2.45, 2.75) is 29.8 Å². The van der Waals surface area contributed by atoms with E-state index in [4.69, 9.17) is 34.8 Å². The van der Waals surface area contributed by atoms with Gasteiger partial charge in [0.15, 0.2) is 5.82 Å². The summed E-state index contributed by atoms with van der Waals surface area (Å²) in [5.74, 6) is -6.64. The maximum Gasteiger partial charge on any atom is 0.416 e. The summed E-state index contributed by atoms with van der Waals surface area (Å²) in [6, 6.07) is 9.90. The van der Waals surface area contributed by atoms with E-state index in [0.717, 1.165) is 24.3 Å². The lowest BCUT2D eigenvalue weighted by Gasteiger charge is -2.13. The quantitative estimate of drug-likeness (QED) is 0.183. The number of anilines is 3. The molecule has 0 spiro atoms. The van der Waals surface area contributed by atoms with Gasteiger partial charge in [-0.15, -0.1) is 23.2 Å². The summed E-state index contributed by atoms with van der Waals surface area (Å²) in [6.07, 6.45) is -4.65. The molecule has 3 N–H and O–H groups in total. The van der Waals surface area contributed by atoms with Crippen molar-refractivity contribution in [1.29, 1.82) is 0 Å². The summed E-state index contributed by atoms with van der Waals surface area (Å²) in [6.45, 7) is 1.49. The van der Waals surface area contributed by atoms with Crippen LogP contribution in [-0.4, -0.2) is 22.1 Å². The Bertz CT molecular complexity index is 1550. The van der Waals surface area contributed by atoms with Gasteiger partial charge in [-0.2, -0.15) is 13.2 Å². The normalized spacial score (nSPS) is 17.5. The molecular weight excluding hydrogens is 616 g/mol. The van der Waals surface area contributed by atoms with Crippen molar-refractivity contribution < 1.29 is 36.3 Å². The van der Waals surface area contributed by atoms with Crippen LogP contribution in [0.5, 0.6) is 0 Å². The summed E-state index contributed by atoms with van der Waals surface area (Å²) < 4.78 is 66.6. The number of benzene rings is 3. The second kappa shape index (κ2) is 11.5. The monoisotopic (exact) mass is 633 g/mol. The molecule has 6 nitrogen and oxygen atoms in total. The van der Waals surface area contributed by atoms with Gasteiger partial charge in [-0.3, -0.25) is 14.4 Å². The van der Waals surface area contributed by atoms with E-state index >= 15 is 0 Å². The van der Waals surface area contributed by atoms with Crippen LogP contribution in [0.25, 0.3) is 0 Å². The maximum atomic E-state index is 14.8. The fourth-order valence-corrected chi connectivity index (χ4v) is 5.19. The van der Waals surface area contributed by atoms with Gasteiger partial charge in [0.05, 0.1) is 27.8 Å². The fraction of sp³-hybridized carbons (Fsp3) is 0.222. The van der Waals surface area contributed by atoms with Gasteiger partial charge in [0.1, 0.15) is 15.8 Å². The summed E-state index contributed by atoms with van der Waals surface area (Å²) in [4.78, 5) is 37.5. The lowest BCUT2D eigenvalue weighted by atomic mass is 10.1. The number of halogens is 8. The predicted octanol–water partition coefficient (Wildman–Crippen LogP) is 7.76. The number of carbonyl (C=O) groups is 3. The van der Waals surface area contributed by atoms with Crippen molar-refractivity contribution in [2.75, 3.05) is 16.0 Å². The number of rotatable bonds is 7. The molecular formula is C27H19Cl3F5N3O3. The van der Waals surface area contributed by atoms with Gasteiger partial charge in [-0.05, 0) is 42.0 Å². The Morgan fingerprint density at radius 2 is 1.66 bits per heavy atom. The van der Waals surface area contributed by atoms with Crippen LogP contribution >= 0.6 is 34.8 Å². The van der Waals surface area contributed by atoms with Crippen molar-refractivity contribution >= 4 is 69.6 Å². The minimum Gasteiger partial charge on any atom is -0.326 e. The summed E-state index contributed by atoms with van der Waals surface area (Å²) in [5.41, 5.74) is -2.15. The average molecular weight is 635 g/mol. The van der Waals surface area contributed by atoms with Crippen LogP contribution in [0.4, 0.5) is 39.0 Å². The molecule has 0 bridgehead atoms. The largest absolute Gasteiger partial charge is 0.416 e. The number of nitrogens with one attached hydrogen (secondary N) is 3. The minimum atomic E-state index is -4.61. The Kier molecular flexibility index (Phi) is 8.54. The number of hydrogen-bond acceptors (Lipinski definition) is 3. The Morgan fingerprint density at radius 1 is 0.951 bits per heavy atom. The summed E-state index contributed by atoms with van der Waals surface area (Å²) in [5, 5.41) is 6.74. The molecule has 2 atom stereocenters. The zero-order valence-corrected chi connectivity index (χ0v) is 23.1. The second-order valence-electron chi connectivity index (χ2n) is 9.08. The molecule has 1 aliphatic rings.